The summed E-state index contributed by atoms with van der Waals surface area (Å²) in [5.41, 5.74) is 1.11. The van der Waals surface area contributed by atoms with E-state index >= 15 is 0 Å². The number of hydrogen-bond donors (Lipinski definition) is 0. The molecule has 88 valence electrons. The van der Waals surface area contributed by atoms with Gasteiger partial charge in [0.05, 0.1) is 11.4 Å². The third-order valence-electron chi connectivity index (χ3n) is 1.84. The van der Waals surface area contributed by atoms with E-state index in [1.807, 2.05) is 30.5 Å². The molecule has 0 aromatic carbocycles. The summed E-state index contributed by atoms with van der Waals surface area (Å²) in [7, 11) is 5.30. The monoisotopic (exact) mass is 281 g/mol. The van der Waals surface area contributed by atoms with Gasteiger partial charge in [-0.2, -0.15) is 0 Å². The minimum Gasteiger partial charge on any atom is -0.260 e. The second-order valence-electron chi connectivity index (χ2n) is 3.08. The lowest BCUT2D eigenvalue weighted by Crippen LogP contribution is -1.87. The number of pyridine rings is 1. The lowest BCUT2D eigenvalue weighted by atomic mass is 10.4. The van der Waals surface area contributed by atoms with Crippen molar-refractivity contribution in [2.45, 2.75) is 11.5 Å². The van der Waals surface area contributed by atoms with Crippen molar-refractivity contribution in [1.82, 2.24) is 15.0 Å². The molecule has 2 aromatic heterocycles. The highest BCUT2D eigenvalue weighted by atomic mass is 33.5. The van der Waals surface area contributed by atoms with E-state index in [4.69, 9.17) is 0 Å². The molecule has 0 aliphatic heterocycles. The minimum absolute atomic E-state index is 0.834. The fraction of sp³-hybridized carbons (Fsp3) is 0.182. The molecule has 2 aromatic rings. The maximum Gasteiger partial charge on any atom is 0.138 e. The minimum atomic E-state index is 0.834. The number of aromatic nitrogens is 3. The van der Waals surface area contributed by atoms with E-state index in [1.165, 1.54) is 0 Å². The molecule has 2 heterocycles. The van der Waals surface area contributed by atoms with Crippen molar-refractivity contribution in [3.63, 3.8) is 0 Å². The molecule has 0 atom stereocenters. The van der Waals surface area contributed by atoms with Crippen LogP contribution >= 0.6 is 31.4 Å². The molecule has 0 N–H and O–H groups in total. The van der Waals surface area contributed by atoms with Gasteiger partial charge in [0.15, 0.2) is 0 Å². The SMILES string of the molecule is c1ccc(CSSSCc2ncccn2)nc1. The van der Waals surface area contributed by atoms with Gasteiger partial charge in [-0.3, -0.25) is 4.98 Å². The van der Waals surface area contributed by atoms with Crippen molar-refractivity contribution >= 4 is 31.4 Å². The number of rotatable bonds is 6. The van der Waals surface area contributed by atoms with E-state index in [9.17, 15) is 0 Å². The third kappa shape index (κ3) is 4.97. The van der Waals surface area contributed by atoms with Gasteiger partial charge in [0.1, 0.15) is 5.82 Å². The van der Waals surface area contributed by atoms with Gasteiger partial charge in [-0.25, -0.2) is 9.97 Å². The highest BCUT2D eigenvalue weighted by Crippen LogP contribution is 2.37. The van der Waals surface area contributed by atoms with E-state index in [0.717, 1.165) is 23.0 Å². The van der Waals surface area contributed by atoms with Crippen LogP contribution in [0.15, 0.2) is 42.9 Å². The van der Waals surface area contributed by atoms with Gasteiger partial charge < -0.3 is 0 Å². The summed E-state index contributed by atoms with van der Waals surface area (Å²) < 4.78 is 0. The fourth-order valence-electron chi connectivity index (χ4n) is 1.08. The molecular formula is C11H11N3S3. The Morgan fingerprint density at radius 2 is 1.59 bits per heavy atom. The first-order chi connectivity index (χ1) is 8.45. The molecule has 0 bridgehead atoms. The van der Waals surface area contributed by atoms with Gasteiger partial charge in [-0.05, 0) is 28.0 Å². The summed E-state index contributed by atoms with van der Waals surface area (Å²) in [5, 5.41) is 0. The van der Waals surface area contributed by atoms with E-state index in [-0.39, 0.29) is 0 Å². The molecule has 6 heteroatoms. The smallest absolute Gasteiger partial charge is 0.138 e. The van der Waals surface area contributed by atoms with E-state index in [2.05, 4.69) is 15.0 Å². The maximum absolute atomic E-state index is 4.27. The van der Waals surface area contributed by atoms with E-state index in [0.29, 0.717) is 0 Å². The third-order valence-corrected chi connectivity index (χ3v) is 5.84. The summed E-state index contributed by atoms with van der Waals surface area (Å²) in [6, 6.07) is 7.82. The van der Waals surface area contributed by atoms with Crippen LogP contribution in [-0.4, -0.2) is 15.0 Å². The van der Waals surface area contributed by atoms with Crippen molar-refractivity contribution in [2.24, 2.45) is 0 Å². The second-order valence-corrected chi connectivity index (χ2v) is 7.31. The molecule has 0 spiro atoms. The van der Waals surface area contributed by atoms with Gasteiger partial charge in [-0.1, -0.05) is 27.7 Å². The first-order valence-corrected chi connectivity index (χ1v) is 8.84. The Morgan fingerprint density at radius 1 is 0.824 bits per heavy atom. The normalized spacial score (nSPS) is 10.4. The average Bonchev–Trinajstić information content (AvgIpc) is 2.41. The van der Waals surface area contributed by atoms with Crippen LogP contribution in [0.3, 0.4) is 0 Å². The van der Waals surface area contributed by atoms with Crippen LogP contribution in [0.2, 0.25) is 0 Å². The summed E-state index contributed by atoms with van der Waals surface area (Å²) in [6.45, 7) is 0. The Kier molecular flexibility index (Phi) is 5.67. The molecule has 0 fully saturated rings. The molecular weight excluding hydrogens is 270 g/mol. The number of hydrogen-bond acceptors (Lipinski definition) is 6. The van der Waals surface area contributed by atoms with E-state index in [1.54, 1.807) is 43.8 Å². The molecule has 0 unspecified atom stereocenters. The quantitative estimate of drug-likeness (QED) is 0.595. The Bertz CT molecular complexity index is 383. The van der Waals surface area contributed by atoms with Gasteiger partial charge in [-0.15, -0.1) is 0 Å². The highest BCUT2D eigenvalue weighted by molar-refractivity contribution is 9.09. The average molecular weight is 281 g/mol. The lowest BCUT2D eigenvalue weighted by molar-refractivity contribution is 1.04. The van der Waals surface area contributed by atoms with Crippen molar-refractivity contribution in [1.29, 1.82) is 0 Å². The van der Waals surface area contributed by atoms with Crippen LogP contribution in [0.1, 0.15) is 11.5 Å². The topological polar surface area (TPSA) is 38.7 Å². The molecule has 0 radical (unpaired) electrons. The van der Waals surface area contributed by atoms with Gasteiger partial charge in [0, 0.05) is 24.3 Å². The standard InChI is InChI=1S/C11H11N3S3/c1-2-5-12-10(4-1)8-15-17-16-9-11-13-6-3-7-14-11/h1-7H,8-9H2. The first-order valence-electron chi connectivity index (χ1n) is 5.02. The second kappa shape index (κ2) is 7.58. The lowest BCUT2D eigenvalue weighted by Gasteiger charge is -1.99. The first kappa shape index (κ1) is 12.7. The Morgan fingerprint density at radius 3 is 2.35 bits per heavy atom. The zero-order valence-electron chi connectivity index (χ0n) is 9.02. The number of nitrogens with zero attached hydrogens (tertiary/aromatic N) is 3. The zero-order valence-corrected chi connectivity index (χ0v) is 11.5. The van der Waals surface area contributed by atoms with Crippen LogP contribution in [0, 0.1) is 0 Å². The Balaban J connectivity index is 1.61. The predicted octanol–water partition coefficient (Wildman–Crippen LogP) is 3.60. The molecule has 2 rings (SSSR count). The van der Waals surface area contributed by atoms with Crippen molar-refractivity contribution in [3.8, 4) is 0 Å². The van der Waals surface area contributed by atoms with Crippen LogP contribution in [0.5, 0.6) is 0 Å². The van der Waals surface area contributed by atoms with Crippen molar-refractivity contribution < 1.29 is 0 Å². The van der Waals surface area contributed by atoms with E-state index < -0.39 is 0 Å². The van der Waals surface area contributed by atoms with Crippen molar-refractivity contribution in [3.05, 3.63) is 54.4 Å². The summed E-state index contributed by atoms with van der Waals surface area (Å²) in [5.74, 6) is 2.64. The summed E-state index contributed by atoms with van der Waals surface area (Å²) in [4.78, 5) is 12.6. The van der Waals surface area contributed by atoms with Crippen molar-refractivity contribution in [2.75, 3.05) is 0 Å². The fourth-order valence-corrected chi connectivity index (χ4v) is 4.44. The molecule has 0 amide bonds. The van der Waals surface area contributed by atoms with Gasteiger partial charge in [0.25, 0.3) is 0 Å². The largest absolute Gasteiger partial charge is 0.260 e. The predicted molar refractivity (Wildman–Crippen MR) is 76.5 cm³/mol. The zero-order chi connectivity index (χ0) is 11.8. The van der Waals surface area contributed by atoms with Gasteiger partial charge in [0.2, 0.25) is 0 Å². The molecule has 17 heavy (non-hydrogen) atoms. The van der Waals surface area contributed by atoms with Crippen LogP contribution < -0.4 is 0 Å². The molecule has 0 saturated carbocycles. The highest BCUT2D eigenvalue weighted by Gasteiger charge is 1.98. The summed E-state index contributed by atoms with van der Waals surface area (Å²) in [6.07, 6.45) is 5.37. The molecule has 0 aliphatic rings. The molecule has 3 nitrogen and oxygen atoms in total. The molecule has 0 aliphatic carbocycles. The summed E-state index contributed by atoms with van der Waals surface area (Å²) >= 11 is 0. The van der Waals surface area contributed by atoms with Gasteiger partial charge >= 0.3 is 0 Å². The molecule has 0 saturated heterocycles. The van der Waals surface area contributed by atoms with Crippen LogP contribution in [0.25, 0.3) is 0 Å². The maximum atomic E-state index is 4.27. The Hall–Kier alpha value is -0.720. The van der Waals surface area contributed by atoms with Crippen LogP contribution in [0.4, 0.5) is 0 Å². The Labute approximate surface area is 112 Å². The van der Waals surface area contributed by atoms with Crippen LogP contribution in [-0.2, 0) is 11.5 Å².